The first-order valence-corrected chi connectivity index (χ1v) is 10.2. The van der Waals surface area contributed by atoms with Crippen LogP contribution in [0, 0.1) is 0 Å². The number of carbonyl (C=O) groups excluding carboxylic acids is 1. The molecule has 1 N–H and O–H groups in total. The SMILES string of the molecule is O=C(CN1CCN(c2ccccn2)CC1)N[C@H]1CCN(Cc2ccccc2)C1. The van der Waals surface area contributed by atoms with Crippen LogP contribution in [0.3, 0.4) is 0 Å². The van der Waals surface area contributed by atoms with Crippen LogP contribution in [-0.2, 0) is 11.3 Å². The molecule has 148 valence electrons. The van der Waals surface area contributed by atoms with E-state index < -0.39 is 0 Å². The molecular formula is C22H29N5O. The van der Waals surface area contributed by atoms with E-state index in [1.54, 1.807) is 0 Å². The fourth-order valence-corrected chi connectivity index (χ4v) is 4.09. The molecule has 1 aromatic heterocycles. The standard InChI is InChI=1S/C22H29N5O/c28-22(18-25-12-14-27(15-13-25)21-8-4-5-10-23-21)24-20-9-11-26(17-20)16-19-6-2-1-3-7-19/h1-8,10,20H,9,11-18H2,(H,24,28)/t20-/m0/s1. The number of piperazine rings is 1. The number of benzene rings is 1. The largest absolute Gasteiger partial charge is 0.354 e. The second-order valence-corrected chi connectivity index (χ2v) is 7.72. The number of amides is 1. The highest BCUT2D eigenvalue weighted by molar-refractivity contribution is 5.78. The predicted octanol–water partition coefficient (Wildman–Crippen LogP) is 1.59. The molecule has 0 unspecified atom stereocenters. The molecule has 2 saturated heterocycles. The fourth-order valence-electron chi connectivity index (χ4n) is 4.09. The first-order valence-electron chi connectivity index (χ1n) is 10.2. The number of hydrogen-bond acceptors (Lipinski definition) is 5. The number of pyridine rings is 1. The van der Waals surface area contributed by atoms with Crippen LogP contribution >= 0.6 is 0 Å². The maximum Gasteiger partial charge on any atom is 0.234 e. The van der Waals surface area contributed by atoms with Gasteiger partial charge in [0.2, 0.25) is 5.91 Å². The van der Waals surface area contributed by atoms with Crippen molar-refractivity contribution in [3.63, 3.8) is 0 Å². The van der Waals surface area contributed by atoms with E-state index in [9.17, 15) is 4.79 Å². The number of nitrogens with zero attached hydrogens (tertiary/aromatic N) is 4. The minimum atomic E-state index is 0.151. The van der Waals surface area contributed by atoms with Crippen molar-refractivity contribution in [3.05, 3.63) is 60.3 Å². The molecule has 4 rings (SSSR count). The van der Waals surface area contributed by atoms with Gasteiger partial charge in [0.1, 0.15) is 5.82 Å². The summed E-state index contributed by atoms with van der Waals surface area (Å²) in [5.41, 5.74) is 1.33. The quantitative estimate of drug-likeness (QED) is 0.826. The summed E-state index contributed by atoms with van der Waals surface area (Å²) >= 11 is 0. The third-order valence-corrected chi connectivity index (χ3v) is 5.60. The molecular weight excluding hydrogens is 350 g/mol. The van der Waals surface area contributed by atoms with Gasteiger partial charge in [-0.1, -0.05) is 36.4 Å². The zero-order valence-corrected chi connectivity index (χ0v) is 16.3. The summed E-state index contributed by atoms with van der Waals surface area (Å²) < 4.78 is 0. The lowest BCUT2D eigenvalue weighted by molar-refractivity contribution is -0.122. The van der Waals surface area contributed by atoms with Gasteiger partial charge in [-0.05, 0) is 24.1 Å². The predicted molar refractivity (Wildman–Crippen MR) is 111 cm³/mol. The number of rotatable bonds is 6. The van der Waals surface area contributed by atoms with E-state index in [1.165, 1.54) is 5.56 Å². The molecule has 6 nitrogen and oxygen atoms in total. The maximum absolute atomic E-state index is 12.5. The van der Waals surface area contributed by atoms with Crippen LogP contribution in [-0.4, -0.2) is 72.5 Å². The fraction of sp³-hybridized carbons (Fsp3) is 0.455. The molecule has 6 heteroatoms. The molecule has 1 atom stereocenters. The number of nitrogens with one attached hydrogen (secondary N) is 1. The van der Waals surface area contributed by atoms with Crippen LogP contribution in [0.1, 0.15) is 12.0 Å². The van der Waals surface area contributed by atoms with Gasteiger partial charge in [-0.25, -0.2) is 4.98 Å². The minimum absolute atomic E-state index is 0.151. The van der Waals surface area contributed by atoms with E-state index in [2.05, 4.69) is 49.3 Å². The molecule has 0 radical (unpaired) electrons. The van der Waals surface area contributed by atoms with E-state index in [0.29, 0.717) is 6.54 Å². The third-order valence-electron chi connectivity index (χ3n) is 5.60. The molecule has 3 heterocycles. The molecule has 28 heavy (non-hydrogen) atoms. The van der Waals surface area contributed by atoms with Crippen LogP contribution < -0.4 is 10.2 Å². The highest BCUT2D eigenvalue weighted by Gasteiger charge is 2.25. The van der Waals surface area contributed by atoms with Gasteiger partial charge in [0, 0.05) is 58.1 Å². The average molecular weight is 380 g/mol. The summed E-state index contributed by atoms with van der Waals surface area (Å²) in [5, 5.41) is 3.24. The third kappa shape index (κ3) is 5.09. The number of carbonyl (C=O) groups is 1. The smallest absolute Gasteiger partial charge is 0.234 e. The van der Waals surface area contributed by atoms with Crippen molar-refractivity contribution in [1.82, 2.24) is 20.1 Å². The van der Waals surface area contributed by atoms with Crippen molar-refractivity contribution in [1.29, 1.82) is 0 Å². The first kappa shape index (κ1) is 18.9. The Balaban J connectivity index is 1.17. The molecule has 0 saturated carbocycles. The Bertz CT molecular complexity index is 740. The summed E-state index contributed by atoms with van der Waals surface area (Å²) in [6.45, 7) is 7.06. The van der Waals surface area contributed by atoms with Gasteiger partial charge in [0.05, 0.1) is 6.54 Å². The number of likely N-dealkylation sites (tertiary alicyclic amines) is 1. The molecule has 1 aromatic carbocycles. The topological polar surface area (TPSA) is 51.7 Å². The Morgan fingerprint density at radius 2 is 1.75 bits per heavy atom. The van der Waals surface area contributed by atoms with E-state index in [-0.39, 0.29) is 11.9 Å². The second-order valence-electron chi connectivity index (χ2n) is 7.72. The van der Waals surface area contributed by atoms with Crippen molar-refractivity contribution in [2.75, 3.05) is 50.7 Å². The van der Waals surface area contributed by atoms with Gasteiger partial charge in [-0.2, -0.15) is 0 Å². The lowest BCUT2D eigenvalue weighted by atomic mass is 10.2. The van der Waals surface area contributed by atoms with Crippen molar-refractivity contribution >= 4 is 11.7 Å². The van der Waals surface area contributed by atoms with E-state index in [1.807, 2.05) is 30.5 Å². The molecule has 0 aliphatic carbocycles. The van der Waals surface area contributed by atoms with Crippen LogP contribution in [0.5, 0.6) is 0 Å². The minimum Gasteiger partial charge on any atom is -0.354 e. The molecule has 0 spiro atoms. The maximum atomic E-state index is 12.5. The lowest BCUT2D eigenvalue weighted by Crippen LogP contribution is -2.51. The zero-order valence-electron chi connectivity index (χ0n) is 16.3. The van der Waals surface area contributed by atoms with Crippen LogP contribution in [0.4, 0.5) is 5.82 Å². The zero-order chi connectivity index (χ0) is 19.2. The van der Waals surface area contributed by atoms with Crippen LogP contribution in [0.25, 0.3) is 0 Å². The van der Waals surface area contributed by atoms with Crippen molar-refractivity contribution in [2.24, 2.45) is 0 Å². The van der Waals surface area contributed by atoms with Gasteiger partial charge < -0.3 is 10.2 Å². The molecule has 2 fully saturated rings. The van der Waals surface area contributed by atoms with Crippen molar-refractivity contribution < 1.29 is 4.79 Å². The van der Waals surface area contributed by atoms with Crippen LogP contribution in [0.15, 0.2) is 54.7 Å². The molecule has 1 amide bonds. The summed E-state index contributed by atoms with van der Waals surface area (Å²) in [5.74, 6) is 1.17. The average Bonchev–Trinajstić information content (AvgIpc) is 3.16. The summed E-state index contributed by atoms with van der Waals surface area (Å²) in [7, 11) is 0. The molecule has 2 aliphatic heterocycles. The van der Waals surface area contributed by atoms with Gasteiger partial charge in [-0.15, -0.1) is 0 Å². The normalized spacial score (nSPS) is 21.0. The monoisotopic (exact) mass is 379 g/mol. The second kappa shape index (κ2) is 9.17. The van der Waals surface area contributed by atoms with Gasteiger partial charge in [-0.3, -0.25) is 14.6 Å². The van der Waals surface area contributed by atoms with E-state index in [0.717, 1.165) is 58.1 Å². The first-order chi connectivity index (χ1) is 13.8. The highest BCUT2D eigenvalue weighted by Crippen LogP contribution is 2.14. The summed E-state index contributed by atoms with van der Waals surface area (Å²) in [6, 6.07) is 16.8. The van der Waals surface area contributed by atoms with Gasteiger partial charge in [0.15, 0.2) is 0 Å². The van der Waals surface area contributed by atoms with E-state index in [4.69, 9.17) is 0 Å². The molecule has 0 bridgehead atoms. The molecule has 2 aliphatic rings. The Labute approximate surface area is 167 Å². The van der Waals surface area contributed by atoms with Gasteiger partial charge in [0.25, 0.3) is 0 Å². The Kier molecular flexibility index (Phi) is 6.19. The van der Waals surface area contributed by atoms with Crippen molar-refractivity contribution in [2.45, 2.75) is 19.0 Å². The lowest BCUT2D eigenvalue weighted by Gasteiger charge is -2.35. The highest BCUT2D eigenvalue weighted by atomic mass is 16.2. The van der Waals surface area contributed by atoms with Crippen LogP contribution in [0.2, 0.25) is 0 Å². The number of aromatic nitrogens is 1. The number of anilines is 1. The Hall–Kier alpha value is -2.44. The Morgan fingerprint density at radius 1 is 0.964 bits per heavy atom. The Morgan fingerprint density at radius 3 is 2.50 bits per heavy atom. The van der Waals surface area contributed by atoms with E-state index >= 15 is 0 Å². The van der Waals surface area contributed by atoms with Gasteiger partial charge >= 0.3 is 0 Å². The summed E-state index contributed by atoms with van der Waals surface area (Å²) in [4.78, 5) is 23.9. The summed E-state index contributed by atoms with van der Waals surface area (Å²) in [6.07, 6.45) is 2.86. The van der Waals surface area contributed by atoms with Crippen molar-refractivity contribution in [3.8, 4) is 0 Å². The number of hydrogen-bond donors (Lipinski definition) is 1. The molecule has 2 aromatic rings.